The summed E-state index contributed by atoms with van der Waals surface area (Å²) in [6, 6.07) is 5.74. The van der Waals surface area contributed by atoms with Crippen LogP contribution in [0.15, 0.2) is 29.8 Å². The van der Waals surface area contributed by atoms with Gasteiger partial charge in [-0.2, -0.15) is 0 Å². The van der Waals surface area contributed by atoms with Gasteiger partial charge in [0.05, 0.1) is 5.69 Å². The molecule has 1 N–H and O–H groups in total. The molecule has 3 nitrogen and oxygen atoms in total. The zero-order chi connectivity index (χ0) is 13.1. The number of pyridine rings is 1. The summed E-state index contributed by atoms with van der Waals surface area (Å²) in [7, 11) is 0. The van der Waals surface area contributed by atoms with Crippen LogP contribution in [0.3, 0.4) is 0 Å². The van der Waals surface area contributed by atoms with Crippen LogP contribution in [0.4, 0.5) is 10.9 Å². The fourth-order valence-electron chi connectivity index (χ4n) is 0.958. The molecule has 0 bridgehead atoms. The van der Waals surface area contributed by atoms with Gasteiger partial charge in [0.1, 0.15) is 5.82 Å². The van der Waals surface area contributed by atoms with E-state index >= 15 is 0 Å². The average Bonchev–Trinajstić information content (AvgIpc) is 2.81. The van der Waals surface area contributed by atoms with Crippen molar-refractivity contribution in [2.75, 3.05) is 5.32 Å². The highest BCUT2D eigenvalue weighted by molar-refractivity contribution is 7.13. The van der Waals surface area contributed by atoms with Gasteiger partial charge in [0.2, 0.25) is 0 Å². The molecule has 2 aromatic rings. The van der Waals surface area contributed by atoms with Crippen LogP contribution in [0.2, 0.25) is 0 Å². The maximum atomic E-state index is 4.27. The smallest absolute Gasteiger partial charge is 0.188 e. The molecule has 0 fully saturated rings. The van der Waals surface area contributed by atoms with Gasteiger partial charge in [-0.25, -0.2) is 9.97 Å². The molecule has 0 unspecified atom stereocenters. The zero-order valence-corrected chi connectivity index (χ0v) is 12.6. The monoisotopic (exact) mass is 262 g/mol. The van der Waals surface area contributed by atoms with Crippen LogP contribution in [0.1, 0.15) is 33.4 Å². The van der Waals surface area contributed by atoms with Crippen molar-refractivity contribution in [2.24, 2.45) is 0 Å². The minimum atomic E-state index is 0. The first kappa shape index (κ1) is 19.0. The Balaban J connectivity index is 0. The highest BCUT2D eigenvalue weighted by atomic mass is 32.1. The SMILES string of the molecule is CC.CC.Cc1csc(Nc2ccccn2)n1.[B]. The highest BCUT2D eigenvalue weighted by Gasteiger charge is 1.98. The number of rotatable bonds is 2. The summed E-state index contributed by atoms with van der Waals surface area (Å²) in [5.41, 5.74) is 1.03. The lowest BCUT2D eigenvalue weighted by molar-refractivity contribution is 1.24. The van der Waals surface area contributed by atoms with Crippen LogP contribution in [0, 0.1) is 6.92 Å². The van der Waals surface area contributed by atoms with Crippen molar-refractivity contribution in [3.05, 3.63) is 35.5 Å². The van der Waals surface area contributed by atoms with Crippen molar-refractivity contribution in [3.8, 4) is 0 Å². The van der Waals surface area contributed by atoms with E-state index in [1.54, 1.807) is 17.5 Å². The molecular formula is C13H21BN3S. The Morgan fingerprint density at radius 3 is 2.22 bits per heavy atom. The van der Waals surface area contributed by atoms with Crippen LogP contribution in [-0.2, 0) is 0 Å². The lowest BCUT2D eigenvalue weighted by Crippen LogP contribution is -1.91. The fraction of sp³-hybridized carbons (Fsp3) is 0.385. The number of nitrogens with zero attached hydrogens (tertiary/aromatic N) is 2. The Morgan fingerprint density at radius 1 is 1.11 bits per heavy atom. The Hall–Kier alpha value is -1.36. The molecule has 5 heteroatoms. The standard InChI is InChI=1S/C9H9N3S.2C2H6.B/c1-7-6-13-9(11-7)12-8-4-2-3-5-10-8;2*1-2;/h2-6H,1H3,(H,10,11,12);2*1-2H3;. The molecule has 0 saturated heterocycles. The van der Waals surface area contributed by atoms with Gasteiger partial charge in [-0.05, 0) is 19.1 Å². The van der Waals surface area contributed by atoms with Gasteiger partial charge >= 0.3 is 0 Å². The zero-order valence-electron chi connectivity index (χ0n) is 11.8. The summed E-state index contributed by atoms with van der Waals surface area (Å²) in [6.07, 6.45) is 1.75. The lowest BCUT2D eigenvalue weighted by atomic mass is 10.5. The molecule has 18 heavy (non-hydrogen) atoms. The predicted octanol–water partition coefficient (Wildman–Crippen LogP) is 4.26. The highest BCUT2D eigenvalue weighted by Crippen LogP contribution is 2.18. The molecule has 0 aliphatic heterocycles. The third kappa shape index (κ3) is 7.07. The second-order valence-electron chi connectivity index (χ2n) is 2.63. The first-order valence-corrected chi connectivity index (χ1v) is 6.83. The van der Waals surface area contributed by atoms with Crippen molar-refractivity contribution in [1.29, 1.82) is 0 Å². The Labute approximate surface area is 116 Å². The number of hydrogen-bond acceptors (Lipinski definition) is 4. The molecule has 97 valence electrons. The van der Waals surface area contributed by atoms with E-state index in [9.17, 15) is 0 Å². The van der Waals surface area contributed by atoms with E-state index < -0.39 is 0 Å². The van der Waals surface area contributed by atoms with Crippen LogP contribution in [-0.4, -0.2) is 18.4 Å². The van der Waals surface area contributed by atoms with Crippen LogP contribution >= 0.6 is 11.3 Å². The number of thiazole rings is 1. The van der Waals surface area contributed by atoms with E-state index in [1.165, 1.54) is 0 Å². The molecule has 0 aliphatic rings. The maximum Gasteiger partial charge on any atom is 0.188 e. The number of aromatic nitrogens is 2. The lowest BCUT2D eigenvalue weighted by Gasteiger charge is -1.98. The number of hydrogen-bond donors (Lipinski definition) is 1. The van der Waals surface area contributed by atoms with E-state index in [2.05, 4.69) is 15.3 Å². The summed E-state index contributed by atoms with van der Waals surface area (Å²) < 4.78 is 0. The summed E-state index contributed by atoms with van der Waals surface area (Å²) >= 11 is 1.58. The maximum absolute atomic E-state index is 4.27. The second-order valence-corrected chi connectivity index (χ2v) is 3.49. The van der Waals surface area contributed by atoms with Gasteiger partial charge in [0.25, 0.3) is 0 Å². The molecule has 2 rings (SSSR count). The van der Waals surface area contributed by atoms with Gasteiger partial charge < -0.3 is 5.32 Å². The van der Waals surface area contributed by atoms with E-state index in [-0.39, 0.29) is 8.41 Å². The number of nitrogens with one attached hydrogen (secondary N) is 1. The molecule has 2 aromatic heterocycles. The average molecular weight is 262 g/mol. The summed E-state index contributed by atoms with van der Waals surface area (Å²) in [5.74, 6) is 0.830. The first-order valence-electron chi connectivity index (χ1n) is 5.95. The van der Waals surface area contributed by atoms with Crippen LogP contribution < -0.4 is 5.32 Å². The predicted molar refractivity (Wildman–Crippen MR) is 82.8 cm³/mol. The third-order valence-electron chi connectivity index (χ3n) is 1.52. The Bertz CT molecular complexity index is 390. The van der Waals surface area contributed by atoms with Gasteiger partial charge in [0, 0.05) is 20.0 Å². The number of anilines is 2. The third-order valence-corrected chi connectivity index (χ3v) is 2.39. The van der Waals surface area contributed by atoms with E-state index in [4.69, 9.17) is 0 Å². The molecule has 0 amide bonds. The van der Waals surface area contributed by atoms with Crippen molar-refractivity contribution >= 4 is 30.7 Å². The quantitative estimate of drug-likeness (QED) is 0.821. The minimum Gasteiger partial charge on any atom is -0.316 e. The molecule has 0 aromatic carbocycles. The summed E-state index contributed by atoms with van der Waals surface area (Å²) in [6.45, 7) is 9.97. The second kappa shape index (κ2) is 12.1. The Kier molecular flexibility index (Phi) is 12.8. The molecule has 0 saturated carbocycles. The van der Waals surface area contributed by atoms with Crippen LogP contribution in [0.5, 0.6) is 0 Å². The van der Waals surface area contributed by atoms with E-state index in [1.807, 2.05) is 58.2 Å². The largest absolute Gasteiger partial charge is 0.316 e. The normalized spacial score (nSPS) is 7.83. The molecular weight excluding hydrogens is 241 g/mol. The first-order chi connectivity index (χ1) is 8.34. The van der Waals surface area contributed by atoms with E-state index in [0.717, 1.165) is 16.6 Å². The molecule has 3 radical (unpaired) electrons. The Morgan fingerprint density at radius 2 is 1.78 bits per heavy atom. The van der Waals surface area contributed by atoms with Crippen molar-refractivity contribution in [1.82, 2.24) is 9.97 Å². The van der Waals surface area contributed by atoms with Gasteiger partial charge in [-0.1, -0.05) is 33.8 Å². The number of aryl methyl sites for hydroxylation is 1. The van der Waals surface area contributed by atoms with Crippen molar-refractivity contribution < 1.29 is 0 Å². The molecule has 0 aliphatic carbocycles. The minimum absolute atomic E-state index is 0. The van der Waals surface area contributed by atoms with E-state index in [0.29, 0.717) is 0 Å². The van der Waals surface area contributed by atoms with Gasteiger partial charge in [0.15, 0.2) is 5.13 Å². The van der Waals surface area contributed by atoms with Gasteiger partial charge in [-0.3, -0.25) is 0 Å². The summed E-state index contributed by atoms with van der Waals surface area (Å²) in [4.78, 5) is 8.41. The van der Waals surface area contributed by atoms with Crippen molar-refractivity contribution in [3.63, 3.8) is 0 Å². The van der Waals surface area contributed by atoms with Crippen LogP contribution in [0.25, 0.3) is 0 Å². The summed E-state index contributed by atoms with van der Waals surface area (Å²) in [5, 5.41) is 6.01. The topological polar surface area (TPSA) is 37.8 Å². The fourth-order valence-corrected chi connectivity index (χ4v) is 1.65. The van der Waals surface area contributed by atoms with Gasteiger partial charge in [-0.15, -0.1) is 11.3 Å². The van der Waals surface area contributed by atoms with Crippen molar-refractivity contribution in [2.45, 2.75) is 34.6 Å². The molecule has 0 atom stereocenters. The molecule has 2 heterocycles. The molecule has 0 spiro atoms.